The minimum absolute atomic E-state index is 0.370. The number of H-pyrrole nitrogens is 1. The molecule has 3 nitrogen and oxygen atoms in total. The van der Waals surface area contributed by atoms with Crippen molar-refractivity contribution in [1.82, 2.24) is 15.0 Å². The Labute approximate surface area is 124 Å². The molecule has 0 fully saturated rings. The minimum atomic E-state index is 0.370. The van der Waals surface area contributed by atoms with Crippen molar-refractivity contribution in [3.05, 3.63) is 56.9 Å². The second-order valence-corrected chi connectivity index (χ2v) is 5.23. The highest BCUT2D eigenvalue weighted by atomic mass is 35.5. The van der Waals surface area contributed by atoms with Crippen LogP contribution in [0, 0.1) is 0 Å². The van der Waals surface area contributed by atoms with Crippen LogP contribution in [0.4, 0.5) is 0 Å². The van der Waals surface area contributed by atoms with E-state index in [2.05, 4.69) is 15.0 Å². The lowest BCUT2D eigenvalue weighted by atomic mass is 10.1. The highest BCUT2D eigenvalue weighted by molar-refractivity contribution is 6.48. The Morgan fingerprint density at radius 2 is 1.89 bits per heavy atom. The molecule has 1 aromatic carbocycles. The maximum Gasteiger partial charge on any atom is 0.177 e. The molecule has 0 radical (unpaired) electrons. The number of rotatable bonds is 2. The number of nitrogens with one attached hydrogen (secondary N) is 1. The summed E-state index contributed by atoms with van der Waals surface area (Å²) in [6.07, 6.45) is 2.26. The topological polar surface area (TPSA) is 41.6 Å². The molecule has 0 spiro atoms. The number of nitrogens with zero attached hydrogens (tertiary/aromatic N) is 2. The molecule has 3 aromatic rings. The summed E-state index contributed by atoms with van der Waals surface area (Å²) in [5.74, 6) is 0.786. The van der Waals surface area contributed by atoms with E-state index in [9.17, 15) is 0 Å². The minimum Gasteiger partial charge on any atom is -0.340 e. The van der Waals surface area contributed by atoms with Gasteiger partial charge in [-0.15, -0.1) is 0 Å². The van der Waals surface area contributed by atoms with E-state index in [0.29, 0.717) is 27.1 Å². The smallest absolute Gasteiger partial charge is 0.177 e. The average Bonchev–Trinajstić information content (AvgIpc) is 2.82. The summed E-state index contributed by atoms with van der Waals surface area (Å²) in [6.45, 7) is 0. The second kappa shape index (κ2) is 5.00. The van der Waals surface area contributed by atoms with Crippen molar-refractivity contribution in [2.24, 2.45) is 0 Å². The first-order valence-corrected chi connectivity index (χ1v) is 6.70. The molecule has 0 aliphatic heterocycles. The van der Waals surface area contributed by atoms with Gasteiger partial charge in [0.2, 0.25) is 0 Å². The monoisotopic (exact) mass is 311 g/mol. The molecule has 0 saturated heterocycles. The van der Waals surface area contributed by atoms with Crippen molar-refractivity contribution in [2.45, 2.75) is 6.42 Å². The quantitative estimate of drug-likeness (QED) is 0.707. The molecule has 6 heteroatoms. The highest BCUT2D eigenvalue weighted by Gasteiger charge is 2.11. The van der Waals surface area contributed by atoms with Crippen molar-refractivity contribution >= 4 is 46.0 Å². The third-order valence-corrected chi connectivity index (χ3v) is 4.11. The fourth-order valence-electron chi connectivity index (χ4n) is 1.86. The molecule has 2 heterocycles. The number of aromatic amines is 1. The number of imidazole rings is 1. The van der Waals surface area contributed by atoms with Crippen LogP contribution < -0.4 is 0 Å². The zero-order valence-electron chi connectivity index (χ0n) is 9.62. The van der Waals surface area contributed by atoms with Crippen LogP contribution in [-0.4, -0.2) is 15.0 Å². The van der Waals surface area contributed by atoms with Gasteiger partial charge in [0.25, 0.3) is 0 Å². The highest BCUT2D eigenvalue weighted by Crippen LogP contribution is 2.33. The Morgan fingerprint density at radius 3 is 2.68 bits per heavy atom. The van der Waals surface area contributed by atoms with Crippen LogP contribution in [0.2, 0.25) is 15.1 Å². The summed E-state index contributed by atoms with van der Waals surface area (Å²) in [7, 11) is 0. The first kappa shape index (κ1) is 12.7. The van der Waals surface area contributed by atoms with E-state index in [0.717, 1.165) is 16.9 Å². The molecular weight excluding hydrogens is 305 g/mol. The lowest BCUT2D eigenvalue weighted by Gasteiger charge is -2.05. The average molecular weight is 313 g/mol. The second-order valence-electron chi connectivity index (χ2n) is 4.07. The van der Waals surface area contributed by atoms with Crippen molar-refractivity contribution in [2.75, 3.05) is 0 Å². The summed E-state index contributed by atoms with van der Waals surface area (Å²) in [5, 5.41) is 1.28. The summed E-state index contributed by atoms with van der Waals surface area (Å²) in [4.78, 5) is 11.8. The van der Waals surface area contributed by atoms with Gasteiger partial charge in [0, 0.05) is 12.6 Å². The van der Waals surface area contributed by atoms with Gasteiger partial charge in [-0.3, -0.25) is 0 Å². The van der Waals surface area contributed by atoms with E-state index in [1.54, 1.807) is 12.3 Å². The number of halogens is 3. The zero-order chi connectivity index (χ0) is 13.4. The molecule has 0 aliphatic carbocycles. The Balaban J connectivity index is 1.99. The molecule has 0 unspecified atom stereocenters. The first-order chi connectivity index (χ1) is 9.15. The SMILES string of the molecule is Clc1ccc(Cc2nc3ncccc3[nH]2)c(Cl)c1Cl. The van der Waals surface area contributed by atoms with E-state index in [1.165, 1.54) is 0 Å². The standard InChI is InChI=1S/C13H8Cl3N3/c14-8-4-3-7(11(15)12(8)16)6-10-18-9-2-1-5-17-13(9)19-10/h1-5H,6H2,(H,17,18,19). The molecule has 3 rings (SSSR count). The molecule has 0 amide bonds. The Morgan fingerprint density at radius 1 is 1.05 bits per heavy atom. The molecule has 0 aliphatic rings. The van der Waals surface area contributed by atoms with Crippen LogP contribution in [0.5, 0.6) is 0 Å². The van der Waals surface area contributed by atoms with Crippen LogP contribution >= 0.6 is 34.8 Å². The number of fused-ring (bicyclic) bond motifs is 1. The van der Waals surface area contributed by atoms with Crippen LogP contribution in [0.25, 0.3) is 11.2 Å². The van der Waals surface area contributed by atoms with Crippen molar-refractivity contribution in [3.63, 3.8) is 0 Å². The number of benzene rings is 1. The Bertz CT molecular complexity index is 719. The molecule has 0 atom stereocenters. The third-order valence-electron chi connectivity index (χ3n) is 2.78. The maximum atomic E-state index is 6.17. The Kier molecular flexibility index (Phi) is 3.35. The fourth-order valence-corrected chi connectivity index (χ4v) is 2.48. The van der Waals surface area contributed by atoms with Gasteiger partial charge in [0.15, 0.2) is 5.65 Å². The van der Waals surface area contributed by atoms with Crippen LogP contribution in [-0.2, 0) is 6.42 Å². The van der Waals surface area contributed by atoms with Gasteiger partial charge in [-0.05, 0) is 23.8 Å². The maximum absolute atomic E-state index is 6.17. The number of pyridine rings is 1. The zero-order valence-corrected chi connectivity index (χ0v) is 11.9. The lowest BCUT2D eigenvalue weighted by Crippen LogP contribution is -1.92. The number of hydrogen-bond acceptors (Lipinski definition) is 2. The van der Waals surface area contributed by atoms with Crippen LogP contribution in [0.3, 0.4) is 0 Å². The molecule has 1 N–H and O–H groups in total. The number of aromatic nitrogens is 3. The third kappa shape index (κ3) is 2.41. The van der Waals surface area contributed by atoms with Crippen molar-refractivity contribution in [3.8, 4) is 0 Å². The largest absolute Gasteiger partial charge is 0.340 e. The summed E-state index contributed by atoms with van der Waals surface area (Å²) in [5.41, 5.74) is 2.46. The van der Waals surface area contributed by atoms with E-state index in [-0.39, 0.29) is 0 Å². The van der Waals surface area contributed by atoms with Gasteiger partial charge in [0.1, 0.15) is 5.82 Å². The van der Waals surface area contributed by atoms with Gasteiger partial charge in [-0.2, -0.15) is 0 Å². The fraction of sp³-hybridized carbons (Fsp3) is 0.0769. The van der Waals surface area contributed by atoms with Gasteiger partial charge >= 0.3 is 0 Å². The first-order valence-electron chi connectivity index (χ1n) is 5.57. The van der Waals surface area contributed by atoms with Gasteiger partial charge in [0.05, 0.1) is 20.6 Å². The summed E-state index contributed by atoms with van der Waals surface area (Å²) < 4.78 is 0. The van der Waals surface area contributed by atoms with Crippen molar-refractivity contribution < 1.29 is 0 Å². The Hall–Kier alpha value is -1.29. The van der Waals surface area contributed by atoms with Gasteiger partial charge in [-0.1, -0.05) is 40.9 Å². The van der Waals surface area contributed by atoms with E-state index < -0.39 is 0 Å². The molecular formula is C13H8Cl3N3. The summed E-state index contributed by atoms with van der Waals surface area (Å²) >= 11 is 18.1. The van der Waals surface area contributed by atoms with E-state index in [4.69, 9.17) is 34.8 Å². The molecule has 96 valence electrons. The molecule has 19 heavy (non-hydrogen) atoms. The van der Waals surface area contributed by atoms with Gasteiger partial charge < -0.3 is 4.98 Å². The van der Waals surface area contributed by atoms with E-state index in [1.807, 2.05) is 18.2 Å². The molecule has 2 aromatic heterocycles. The predicted octanol–water partition coefficient (Wildman–Crippen LogP) is 4.51. The number of hydrogen-bond donors (Lipinski definition) is 1. The molecule has 0 saturated carbocycles. The van der Waals surface area contributed by atoms with Crippen LogP contribution in [0.15, 0.2) is 30.5 Å². The van der Waals surface area contributed by atoms with Crippen LogP contribution in [0.1, 0.15) is 11.4 Å². The predicted molar refractivity (Wildman–Crippen MR) is 78.2 cm³/mol. The lowest BCUT2D eigenvalue weighted by molar-refractivity contribution is 1.03. The van der Waals surface area contributed by atoms with E-state index >= 15 is 0 Å². The van der Waals surface area contributed by atoms with Gasteiger partial charge in [-0.25, -0.2) is 9.97 Å². The normalized spacial score (nSPS) is 11.1. The molecule has 0 bridgehead atoms. The van der Waals surface area contributed by atoms with Crippen molar-refractivity contribution in [1.29, 1.82) is 0 Å². The summed E-state index contributed by atoms with van der Waals surface area (Å²) in [6, 6.07) is 7.36.